The zero-order valence-corrected chi connectivity index (χ0v) is 7.46. The van der Waals surface area contributed by atoms with Crippen molar-refractivity contribution in [2.75, 3.05) is 7.05 Å². The minimum absolute atomic E-state index is 1.08. The Morgan fingerprint density at radius 2 is 2.09 bits per heavy atom. The van der Waals surface area contributed by atoms with Crippen LogP contribution in [-0.2, 0) is 6.42 Å². The van der Waals surface area contributed by atoms with Gasteiger partial charge in [0.05, 0.1) is 0 Å². The van der Waals surface area contributed by atoms with Crippen LogP contribution in [0.2, 0.25) is 0 Å². The lowest BCUT2D eigenvalue weighted by molar-refractivity contribution is 1.07. The Kier molecular flexibility index (Phi) is 5.39. The highest BCUT2D eigenvalue weighted by molar-refractivity contribution is 5.20. The van der Waals surface area contributed by atoms with Gasteiger partial charge >= 0.3 is 0 Å². The van der Waals surface area contributed by atoms with Crippen molar-refractivity contribution in [3.05, 3.63) is 29.6 Å². The van der Waals surface area contributed by atoms with E-state index in [2.05, 4.69) is 24.6 Å². The SMILES string of the molecule is CCc1cnccc1C.CN. The van der Waals surface area contributed by atoms with Crippen molar-refractivity contribution in [2.45, 2.75) is 20.3 Å². The van der Waals surface area contributed by atoms with Crippen LogP contribution in [0.1, 0.15) is 18.1 Å². The summed E-state index contributed by atoms with van der Waals surface area (Å²) in [5, 5.41) is 0. The molecule has 1 aromatic heterocycles. The fourth-order valence-corrected chi connectivity index (χ4v) is 0.867. The van der Waals surface area contributed by atoms with Crippen molar-refractivity contribution in [3.63, 3.8) is 0 Å². The minimum Gasteiger partial charge on any atom is -0.333 e. The van der Waals surface area contributed by atoms with Gasteiger partial charge in [0, 0.05) is 12.4 Å². The molecule has 0 aromatic carbocycles. The van der Waals surface area contributed by atoms with E-state index in [0.717, 1.165) is 6.42 Å². The maximum atomic E-state index is 4.50. The lowest BCUT2D eigenvalue weighted by Crippen LogP contribution is -1.85. The quantitative estimate of drug-likeness (QED) is 0.662. The van der Waals surface area contributed by atoms with Gasteiger partial charge in [0.1, 0.15) is 0 Å². The fraction of sp³-hybridized carbons (Fsp3) is 0.444. The van der Waals surface area contributed by atoms with E-state index in [1.165, 1.54) is 18.2 Å². The lowest BCUT2D eigenvalue weighted by Gasteiger charge is -1.97. The maximum Gasteiger partial charge on any atom is 0.0302 e. The molecule has 0 spiro atoms. The Morgan fingerprint density at radius 1 is 1.45 bits per heavy atom. The molecular formula is C9H16N2. The summed E-state index contributed by atoms with van der Waals surface area (Å²) < 4.78 is 0. The summed E-state index contributed by atoms with van der Waals surface area (Å²) in [4.78, 5) is 4.02. The third-order valence-corrected chi connectivity index (χ3v) is 1.53. The van der Waals surface area contributed by atoms with Gasteiger partial charge in [0.15, 0.2) is 0 Å². The molecule has 1 heterocycles. The molecule has 11 heavy (non-hydrogen) atoms. The van der Waals surface area contributed by atoms with Crippen molar-refractivity contribution >= 4 is 0 Å². The zero-order valence-electron chi connectivity index (χ0n) is 7.46. The van der Waals surface area contributed by atoms with Crippen molar-refractivity contribution in [2.24, 2.45) is 5.73 Å². The van der Waals surface area contributed by atoms with Crippen LogP contribution in [-0.4, -0.2) is 12.0 Å². The predicted octanol–water partition coefficient (Wildman–Crippen LogP) is 1.53. The Hall–Kier alpha value is -0.890. The summed E-state index contributed by atoms with van der Waals surface area (Å²) in [6, 6.07) is 2.04. The van der Waals surface area contributed by atoms with Crippen molar-refractivity contribution in [3.8, 4) is 0 Å². The smallest absolute Gasteiger partial charge is 0.0302 e. The topological polar surface area (TPSA) is 38.9 Å². The summed E-state index contributed by atoms with van der Waals surface area (Å²) in [7, 11) is 1.50. The van der Waals surface area contributed by atoms with Gasteiger partial charge in [-0.05, 0) is 37.6 Å². The molecule has 62 valence electrons. The highest BCUT2D eigenvalue weighted by Crippen LogP contribution is 2.03. The van der Waals surface area contributed by atoms with Crippen LogP contribution in [0.5, 0.6) is 0 Å². The van der Waals surface area contributed by atoms with E-state index in [0.29, 0.717) is 0 Å². The molecule has 0 unspecified atom stereocenters. The summed E-state index contributed by atoms with van der Waals surface area (Å²) >= 11 is 0. The Morgan fingerprint density at radius 3 is 2.45 bits per heavy atom. The van der Waals surface area contributed by atoms with Crippen LogP contribution in [0.15, 0.2) is 18.5 Å². The average Bonchev–Trinajstić information content (AvgIpc) is 2.09. The van der Waals surface area contributed by atoms with Gasteiger partial charge in [-0.2, -0.15) is 0 Å². The lowest BCUT2D eigenvalue weighted by atomic mass is 10.1. The first-order chi connectivity index (χ1) is 5.34. The number of pyridine rings is 1. The van der Waals surface area contributed by atoms with Gasteiger partial charge in [0.2, 0.25) is 0 Å². The van der Waals surface area contributed by atoms with Crippen LogP contribution in [0.3, 0.4) is 0 Å². The normalized spacial score (nSPS) is 8.36. The van der Waals surface area contributed by atoms with Crippen molar-refractivity contribution in [1.82, 2.24) is 4.98 Å². The molecule has 0 amide bonds. The van der Waals surface area contributed by atoms with Gasteiger partial charge in [-0.15, -0.1) is 0 Å². The second-order valence-corrected chi connectivity index (χ2v) is 2.16. The van der Waals surface area contributed by atoms with Gasteiger partial charge < -0.3 is 5.73 Å². The summed E-state index contributed by atoms with van der Waals surface area (Å²) in [6.07, 6.45) is 4.84. The van der Waals surface area contributed by atoms with Crippen LogP contribution < -0.4 is 5.73 Å². The molecule has 2 heteroatoms. The molecule has 0 fully saturated rings. The molecule has 0 atom stereocenters. The van der Waals surface area contributed by atoms with Crippen molar-refractivity contribution in [1.29, 1.82) is 0 Å². The molecule has 0 radical (unpaired) electrons. The molecule has 1 rings (SSSR count). The van der Waals surface area contributed by atoms with E-state index in [4.69, 9.17) is 0 Å². The Balaban J connectivity index is 0.000000461. The van der Waals surface area contributed by atoms with Gasteiger partial charge in [-0.25, -0.2) is 0 Å². The molecule has 0 aliphatic heterocycles. The fourth-order valence-electron chi connectivity index (χ4n) is 0.867. The second-order valence-electron chi connectivity index (χ2n) is 2.16. The molecule has 0 saturated heterocycles. The van der Waals surface area contributed by atoms with E-state index in [9.17, 15) is 0 Å². The number of nitrogens with zero attached hydrogens (tertiary/aromatic N) is 1. The molecule has 0 aliphatic rings. The van der Waals surface area contributed by atoms with Crippen LogP contribution in [0.25, 0.3) is 0 Å². The predicted molar refractivity (Wildman–Crippen MR) is 48.5 cm³/mol. The van der Waals surface area contributed by atoms with Gasteiger partial charge in [-0.1, -0.05) is 6.92 Å². The first-order valence-corrected chi connectivity index (χ1v) is 3.82. The Labute approximate surface area is 68.5 Å². The Bertz CT molecular complexity index is 197. The summed E-state index contributed by atoms with van der Waals surface area (Å²) in [5.74, 6) is 0. The van der Waals surface area contributed by atoms with Crippen molar-refractivity contribution < 1.29 is 0 Å². The van der Waals surface area contributed by atoms with E-state index in [1.807, 2.05) is 18.5 Å². The summed E-state index contributed by atoms with van der Waals surface area (Å²) in [5.41, 5.74) is 7.19. The molecule has 2 N–H and O–H groups in total. The zero-order chi connectivity index (χ0) is 8.69. The van der Waals surface area contributed by atoms with E-state index < -0.39 is 0 Å². The number of aromatic nitrogens is 1. The number of hydrogen-bond acceptors (Lipinski definition) is 2. The second kappa shape index (κ2) is 5.86. The monoisotopic (exact) mass is 152 g/mol. The van der Waals surface area contributed by atoms with Gasteiger partial charge in [-0.3, -0.25) is 4.98 Å². The molecule has 2 nitrogen and oxygen atoms in total. The summed E-state index contributed by atoms with van der Waals surface area (Å²) in [6.45, 7) is 4.25. The molecule has 0 aliphatic carbocycles. The molecule has 0 saturated carbocycles. The first kappa shape index (κ1) is 10.1. The third kappa shape index (κ3) is 3.14. The standard InChI is InChI=1S/C8H11N.CH5N/c1-3-8-6-9-5-4-7(8)2;1-2/h4-6H,3H2,1-2H3;2H2,1H3. The first-order valence-electron chi connectivity index (χ1n) is 3.82. The molecular weight excluding hydrogens is 136 g/mol. The van der Waals surface area contributed by atoms with Crippen LogP contribution in [0.4, 0.5) is 0 Å². The highest BCUT2D eigenvalue weighted by atomic mass is 14.6. The number of nitrogens with two attached hydrogens (primary N) is 1. The average molecular weight is 152 g/mol. The maximum absolute atomic E-state index is 4.50. The van der Waals surface area contributed by atoms with Gasteiger partial charge in [0.25, 0.3) is 0 Å². The third-order valence-electron chi connectivity index (χ3n) is 1.53. The minimum atomic E-state index is 1.08. The van der Waals surface area contributed by atoms with E-state index in [-0.39, 0.29) is 0 Å². The van der Waals surface area contributed by atoms with Crippen LogP contribution in [0, 0.1) is 6.92 Å². The molecule has 1 aromatic rings. The molecule has 0 bridgehead atoms. The van der Waals surface area contributed by atoms with E-state index in [1.54, 1.807) is 0 Å². The van der Waals surface area contributed by atoms with E-state index >= 15 is 0 Å². The largest absolute Gasteiger partial charge is 0.333 e. The number of hydrogen-bond donors (Lipinski definition) is 1. The number of rotatable bonds is 1. The number of aryl methyl sites for hydroxylation is 2. The highest BCUT2D eigenvalue weighted by Gasteiger charge is 1.90. The van der Waals surface area contributed by atoms with Crippen LogP contribution >= 0.6 is 0 Å².